The van der Waals surface area contributed by atoms with Gasteiger partial charge in [0, 0.05) is 11.5 Å². The number of aromatic nitrogens is 2. The fourth-order valence-electron chi connectivity index (χ4n) is 3.33. The maximum absolute atomic E-state index is 9.78. The van der Waals surface area contributed by atoms with Gasteiger partial charge < -0.3 is 14.3 Å². The molecule has 4 rings (SSSR count). The second-order valence-electron chi connectivity index (χ2n) is 6.73. The summed E-state index contributed by atoms with van der Waals surface area (Å²) in [5.74, 6) is 1.88. The van der Waals surface area contributed by atoms with Gasteiger partial charge in [-0.3, -0.25) is 0 Å². The number of benzene rings is 1. The van der Waals surface area contributed by atoms with Gasteiger partial charge in [0.1, 0.15) is 0 Å². The predicted octanol–water partition coefficient (Wildman–Crippen LogP) is 2.96. The molecule has 6 heteroatoms. The van der Waals surface area contributed by atoms with E-state index in [4.69, 9.17) is 4.42 Å². The zero-order valence-electron chi connectivity index (χ0n) is 14.0. The van der Waals surface area contributed by atoms with Gasteiger partial charge in [-0.15, -0.1) is 10.2 Å². The van der Waals surface area contributed by atoms with Gasteiger partial charge in [-0.1, -0.05) is 35.9 Å². The third kappa shape index (κ3) is 3.16. The summed E-state index contributed by atoms with van der Waals surface area (Å²) in [7, 11) is -0.392. The Morgan fingerprint density at radius 2 is 1.88 bits per heavy atom. The van der Waals surface area contributed by atoms with Crippen LogP contribution in [-0.4, -0.2) is 40.2 Å². The van der Waals surface area contributed by atoms with Crippen LogP contribution in [-0.2, 0) is 0 Å². The highest BCUT2D eigenvalue weighted by Crippen LogP contribution is 2.40. The molecule has 2 heterocycles. The van der Waals surface area contributed by atoms with Gasteiger partial charge in [-0.05, 0) is 51.2 Å². The van der Waals surface area contributed by atoms with Crippen molar-refractivity contribution >= 4 is 12.6 Å². The van der Waals surface area contributed by atoms with E-state index in [2.05, 4.69) is 27.1 Å². The van der Waals surface area contributed by atoms with E-state index in [1.54, 1.807) is 0 Å². The average Bonchev–Trinajstić information content (AvgIpc) is 3.35. The molecular formula is C18H22BN3O2. The molecule has 0 amide bonds. The molecular weight excluding hydrogens is 301 g/mol. The first kappa shape index (κ1) is 15.6. The summed E-state index contributed by atoms with van der Waals surface area (Å²) >= 11 is 0. The van der Waals surface area contributed by atoms with Crippen molar-refractivity contribution in [3.05, 3.63) is 53.2 Å². The van der Waals surface area contributed by atoms with E-state index in [1.807, 2.05) is 25.0 Å². The molecule has 2 aliphatic rings. The monoisotopic (exact) mass is 323 g/mol. The normalized spacial score (nSPS) is 18.7. The van der Waals surface area contributed by atoms with Crippen LogP contribution < -0.4 is 0 Å². The molecule has 2 fully saturated rings. The molecule has 1 aliphatic carbocycles. The lowest BCUT2D eigenvalue weighted by Crippen LogP contribution is -2.41. The summed E-state index contributed by atoms with van der Waals surface area (Å²) < 4.78 is 6.01. The lowest BCUT2D eigenvalue weighted by Gasteiger charge is -2.30. The molecule has 0 radical (unpaired) electrons. The molecule has 5 nitrogen and oxygen atoms in total. The van der Waals surface area contributed by atoms with E-state index in [9.17, 15) is 5.02 Å². The molecule has 1 aromatic heterocycles. The van der Waals surface area contributed by atoms with E-state index in [0.717, 1.165) is 55.8 Å². The van der Waals surface area contributed by atoms with Gasteiger partial charge in [0.05, 0.1) is 0 Å². The second-order valence-corrected chi connectivity index (χ2v) is 6.73. The number of hydrogen-bond donors (Lipinski definition) is 1. The van der Waals surface area contributed by atoms with Crippen LogP contribution in [0.5, 0.6) is 0 Å². The molecule has 0 bridgehead atoms. The Balaban J connectivity index is 1.69. The number of rotatable bonds is 4. The minimum atomic E-state index is -0.392. The summed E-state index contributed by atoms with van der Waals surface area (Å²) in [6.07, 6.45) is 4.14. The Bertz CT molecular complexity index is 728. The Morgan fingerprint density at radius 1 is 1.17 bits per heavy atom. The van der Waals surface area contributed by atoms with E-state index in [-0.39, 0.29) is 0 Å². The molecule has 1 saturated carbocycles. The third-order valence-electron chi connectivity index (χ3n) is 4.93. The van der Waals surface area contributed by atoms with Crippen molar-refractivity contribution in [2.24, 2.45) is 0 Å². The van der Waals surface area contributed by atoms with Crippen molar-refractivity contribution in [3.8, 4) is 0 Å². The van der Waals surface area contributed by atoms with Crippen molar-refractivity contribution in [3.63, 3.8) is 0 Å². The van der Waals surface area contributed by atoms with Crippen LogP contribution in [0.4, 0.5) is 0 Å². The van der Waals surface area contributed by atoms with Crippen molar-refractivity contribution in [1.29, 1.82) is 0 Å². The smallest absolute Gasteiger partial charge is 0.376 e. The standard InChI is InChI=1S/C18H22BN3O2/c1-19(23)22-11-9-14(10-12-22)16(13-5-3-2-4-6-13)18-21-20-17(24-18)15-7-8-15/h2-6,15,23H,7-12H2,1H3. The zero-order valence-corrected chi connectivity index (χ0v) is 14.0. The van der Waals surface area contributed by atoms with E-state index >= 15 is 0 Å². The third-order valence-corrected chi connectivity index (χ3v) is 4.93. The maximum atomic E-state index is 9.78. The second kappa shape index (κ2) is 6.53. The molecule has 1 saturated heterocycles. The number of hydrogen-bond acceptors (Lipinski definition) is 5. The highest BCUT2D eigenvalue weighted by atomic mass is 16.4. The molecule has 124 valence electrons. The minimum Gasteiger partial charge on any atom is -0.437 e. The Morgan fingerprint density at radius 3 is 2.50 bits per heavy atom. The van der Waals surface area contributed by atoms with Crippen LogP contribution in [0.15, 0.2) is 40.3 Å². The van der Waals surface area contributed by atoms with Crippen LogP contribution in [0.3, 0.4) is 0 Å². The summed E-state index contributed by atoms with van der Waals surface area (Å²) in [6, 6.07) is 10.3. The molecule has 0 unspecified atom stereocenters. The molecule has 2 aromatic rings. The first-order chi connectivity index (χ1) is 11.7. The molecule has 24 heavy (non-hydrogen) atoms. The fraction of sp³-hybridized carbons (Fsp3) is 0.444. The molecule has 1 aromatic carbocycles. The predicted molar refractivity (Wildman–Crippen MR) is 93.4 cm³/mol. The van der Waals surface area contributed by atoms with Crippen LogP contribution >= 0.6 is 0 Å². The van der Waals surface area contributed by atoms with Crippen LogP contribution in [0, 0.1) is 0 Å². The van der Waals surface area contributed by atoms with Crippen LogP contribution in [0.2, 0.25) is 6.82 Å². The summed E-state index contributed by atoms with van der Waals surface area (Å²) in [4.78, 5) is 2.09. The highest BCUT2D eigenvalue weighted by molar-refractivity contribution is 6.45. The van der Waals surface area contributed by atoms with E-state index in [0.29, 0.717) is 11.8 Å². The van der Waals surface area contributed by atoms with Gasteiger partial charge in [-0.2, -0.15) is 0 Å². The minimum absolute atomic E-state index is 0.392. The van der Waals surface area contributed by atoms with Crippen LogP contribution in [0.25, 0.3) is 5.57 Å². The largest absolute Gasteiger partial charge is 0.437 e. The first-order valence-corrected chi connectivity index (χ1v) is 8.75. The molecule has 1 aliphatic heterocycles. The lowest BCUT2D eigenvalue weighted by atomic mass is 9.81. The van der Waals surface area contributed by atoms with Crippen molar-refractivity contribution in [1.82, 2.24) is 15.0 Å². The first-order valence-electron chi connectivity index (χ1n) is 8.75. The van der Waals surface area contributed by atoms with Gasteiger partial charge in [0.2, 0.25) is 11.8 Å². The van der Waals surface area contributed by atoms with E-state index < -0.39 is 7.05 Å². The molecule has 1 N–H and O–H groups in total. The quantitative estimate of drug-likeness (QED) is 0.877. The summed E-state index contributed by atoms with van der Waals surface area (Å²) in [5, 5.41) is 18.4. The number of nitrogens with zero attached hydrogens (tertiary/aromatic N) is 3. The molecule has 0 atom stereocenters. The summed E-state index contributed by atoms with van der Waals surface area (Å²) in [5.41, 5.74) is 3.55. The van der Waals surface area contributed by atoms with Crippen molar-refractivity contribution < 1.29 is 9.44 Å². The molecule has 0 spiro atoms. The fourth-order valence-corrected chi connectivity index (χ4v) is 3.33. The van der Waals surface area contributed by atoms with E-state index in [1.165, 1.54) is 5.57 Å². The topological polar surface area (TPSA) is 62.4 Å². The Labute approximate surface area is 142 Å². The van der Waals surface area contributed by atoms with Crippen molar-refractivity contribution in [2.45, 2.75) is 38.4 Å². The zero-order chi connectivity index (χ0) is 16.5. The number of piperidine rings is 1. The maximum Gasteiger partial charge on any atom is 0.376 e. The average molecular weight is 323 g/mol. The van der Waals surface area contributed by atoms with Gasteiger partial charge in [-0.25, -0.2) is 0 Å². The van der Waals surface area contributed by atoms with Gasteiger partial charge >= 0.3 is 7.05 Å². The van der Waals surface area contributed by atoms with Crippen LogP contribution in [0.1, 0.15) is 48.9 Å². The highest BCUT2D eigenvalue weighted by Gasteiger charge is 2.31. The van der Waals surface area contributed by atoms with Gasteiger partial charge in [0.15, 0.2) is 0 Å². The Kier molecular flexibility index (Phi) is 4.25. The Hall–Kier alpha value is -1.92. The van der Waals surface area contributed by atoms with Gasteiger partial charge in [0.25, 0.3) is 0 Å². The summed E-state index contributed by atoms with van der Waals surface area (Å²) in [6.45, 7) is 3.53. The lowest BCUT2D eigenvalue weighted by molar-refractivity contribution is 0.345. The van der Waals surface area contributed by atoms with Crippen molar-refractivity contribution in [2.75, 3.05) is 13.1 Å². The SMILES string of the molecule is CB(O)N1CCC(=C(c2ccccc2)c2nnc(C3CC3)o2)CC1.